The molecule has 31 rings (SSSR count). The van der Waals surface area contributed by atoms with Gasteiger partial charge in [-0.2, -0.15) is 0 Å². The fraction of sp³-hybridized carbons (Fsp3) is 0.0233. The number of rotatable bonds is 10. The molecule has 0 radical (unpaired) electrons. The first-order valence-electron chi connectivity index (χ1n) is 48.3. The molecule has 11 heterocycles. The number of hydrogen-bond acceptors (Lipinski definition) is 10. The van der Waals surface area contributed by atoms with Crippen molar-refractivity contribution in [2.24, 2.45) is 0 Å². The highest BCUT2D eigenvalue weighted by Gasteiger charge is 2.39. The topological polar surface area (TPSA) is 97.1 Å². The van der Waals surface area contributed by atoms with Crippen LogP contribution in [0.3, 0.4) is 0 Å². The van der Waals surface area contributed by atoms with Crippen LogP contribution < -0.4 is 0 Å². The summed E-state index contributed by atoms with van der Waals surface area (Å²) < 4.78 is 19.3. The fourth-order valence-electron chi connectivity index (χ4n) is 22.7. The van der Waals surface area contributed by atoms with Crippen molar-refractivity contribution in [3.8, 4) is 102 Å². The van der Waals surface area contributed by atoms with Gasteiger partial charge in [0.15, 0.2) is 17.5 Å². The van der Waals surface area contributed by atoms with Crippen molar-refractivity contribution < 1.29 is 0 Å². The zero-order valence-electron chi connectivity index (χ0n) is 77.3. The van der Waals surface area contributed by atoms with Gasteiger partial charge < -0.3 is 18.3 Å². The van der Waals surface area contributed by atoms with Crippen molar-refractivity contribution in [1.29, 1.82) is 0 Å². The summed E-state index contributed by atoms with van der Waals surface area (Å²) in [7, 11) is 0. The Labute approximate surface area is 836 Å². The van der Waals surface area contributed by atoms with Gasteiger partial charge in [0, 0.05) is 144 Å². The Morgan fingerprint density at radius 2 is 0.524 bits per heavy atom. The number of para-hydroxylation sites is 8. The molecular weight excluding hydrogens is 1820 g/mol. The lowest BCUT2D eigenvalue weighted by atomic mass is 9.82. The highest BCUT2D eigenvalue weighted by atomic mass is 32.1. The molecule has 19 aromatic carbocycles. The highest BCUT2D eigenvalue weighted by molar-refractivity contribution is 7.27. The summed E-state index contributed by atoms with van der Waals surface area (Å²) in [6, 6.07) is 160. The van der Waals surface area contributed by atoms with E-state index in [-0.39, 0.29) is 5.41 Å². The number of fused-ring (bicyclic) bond motifs is 30. The van der Waals surface area contributed by atoms with Gasteiger partial charge in [-0.1, -0.05) is 354 Å². The molecule has 1 aliphatic rings. The third kappa shape index (κ3) is 12.8. The van der Waals surface area contributed by atoms with Crippen LogP contribution in [0.5, 0.6) is 0 Å². The van der Waals surface area contributed by atoms with Crippen molar-refractivity contribution in [2.75, 3.05) is 0 Å². The van der Waals surface area contributed by atoms with E-state index in [4.69, 9.17) is 29.9 Å². The first-order valence-corrected chi connectivity index (χ1v) is 51.6. The van der Waals surface area contributed by atoms with E-state index in [1.807, 2.05) is 11.3 Å². The van der Waals surface area contributed by atoms with Crippen LogP contribution in [-0.2, 0) is 5.41 Å². The highest BCUT2D eigenvalue weighted by Crippen LogP contribution is 2.56. The van der Waals surface area contributed by atoms with Gasteiger partial charge in [0.05, 0.1) is 109 Å². The molecule has 143 heavy (non-hydrogen) atoms. The summed E-state index contributed by atoms with van der Waals surface area (Å²) >= 11 is 7.16. The SMILES string of the molecule is CC1(C)c2ccccc2-c2c1ccc1c3ccccc3n(-c3ccccc3-c3nc(-c4ccccc4)c4sc5ccccc5c4n3)c21.c1ccc(-c2nc(-c3ccccc3-n3c4ccccc4c4ccc5c(c6ccccc6n5-c5ccccc5)c43)nc3c2sc2ccccc23)cc1.c1ccc(-c2nc(-c3ccccc3-n3c4ccccc4c4ccc5sc6ccccc6c5c43)nc3c2sc2ccccc23)cc1. The van der Waals surface area contributed by atoms with E-state index in [0.717, 1.165) is 126 Å². The Bertz CT molecular complexity index is 10500. The van der Waals surface area contributed by atoms with Crippen molar-refractivity contribution in [2.45, 2.75) is 19.3 Å². The Kier molecular flexibility index (Phi) is 19.0. The quantitative estimate of drug-likeness (QED) is 0.135. The maximum absolute atomic E-state index is 5.41. The fourth-order valence-corrected chi connectivity index (χ4v) is 27.3. The average molecular weight is 1900 g/mol. The normalized spacial score (nSPS) is 12.5. The molecule has 11 aromatic heterocycles. The first-order chi connectivity index (χ1) is 70.8. The number of aromatic nitrogens is 10. The number of nitrogens with zero attached hydrogens (tertiary/aromatic N) is 10. The van der Waals surface area contributed by atoms with Gasteiger partial charge in [-0.15, -0.1) is 45.3 Å². The van der Waals surface area contributed by atoms with E-state index < -0.39 is 0 Å². The van der Waals surface area contributed by atoms with Crippen LogP contribution in [0.1, 0.15) is 25.0 Å². The minimum absolute atomic E-state index is 0.0976. The van der Waals surface area contributed by atoms with E-state index in [0.29, 0.717) is 5.82 Å². The number of benzene rings is 19. The molecule has 30 aromatic rings. The van der Waals surface area contributed by atoms with Gasteiger partial charge in [0.25, 0.3) is 0 Å². The molecule has 0 saturated carbocycles. The summed E-state index contributed by atoms with van der Waals surface area (Å²) in [6.07, 6.45) is 0. The van der Waals surface area contributed by atoms with E-state index in [2.05, 4.69) is 481 Å². The smallest absolute Gasteiger partial charge is 0.162 e. The Morgan fingerprint density at radius 1 is 0.203 bits per heavy atom. The second kappa shape index (κ2) is 32.8. The van der Waals surface area contributed by atoms with Crippen LogP contribution in [0.25, 0.3) is 270 Å². The maximum atomic E-state index is 5.41. The monoisotopic (exact) mass is 1900 g/mol. The van der Waals surface area contributed by atoms with Crippen LogP contribution in [-0.4, -0.2) is 48.2 Å². The van der Waals surface area contributed by atoms with Crippen molar-refractivity contribution in [1.82, 2.24) is 48.2 Å². The molecule has 0 spiro atoms. The number of thiophene rings is 4. The molecule has 10 nitrogen and oxygen atoms in total. The molecule has 0 amide bonds. The largest absolute Gasteiger partial charge is 0.309 e. The summed E-state index contributed by atoms with van der Waals surface area (Å²) in [5.74, 6) is 2.17. The van der Waals surface area contributed by atoms with Crippen molar-refractivity contribution in [3.05, 3.63) is 460 Å². The average Bonchev–Trinajstić information content (AvgIpc) is 1.53. The van der Waals surface area contributed by atoms with Crippen molar-refractivity contribution in [3.63, 3.8) is 0 Å². The molecule has 14 heteroatoms. The minimum atomic E-state index is -0.0976. The second-order valence-electron chi connectivity index (χ2n) is 37.3. The van der Waals surface area contributed by atoms with Gasteiger partial charge in [0.1, 0.15) is 0 Å². The Balaban J connectivity index is 0.000000102. The zero-order valence-corrected chi connectivity index (χ0v) is 80.6. The van der Waals surface area contributed by atoms with Gasteiger partial charge in [-0.05, 0) is 126 Å². The molecule has 0 aliphatic heterocycles. The lowest BCUT2D eigenvalue weighted by Crippen LogP contribution is -2.14. The molecule has 0 N–H and O–H groups in total. The van der Waals surface area contributed by atoms with Crippen LogP contribution in [0, 0.1) is 0 Å². The van der Waals surface area contributed by atoms with Crippen LogP contribution >= 0.6 is 45.3 Å². The first kappa shape index (κ1) is 82.6. The molecule has 1 aliphatic carbocycles. The predicted molar refractivity (Wildman–Crippen MR) is 605 cm³/mol. The standard InChI is InChI=1S/C46H28N4S.C43H29N3S.C40H23N3S2/c1-3-15-29(16-4-1)42-45-43(35-22-10-14-26-40(35)51-45)48-46(47-42)34-21-9-13-25-38(34)50-36-23-11-7-19-31(36)32-27-28-39-41(44(32)50)33-20-8-12-24-37(33)49(39)30-17-5-2-6-18-30;1-43(2)32-20-10-6-17-29(32)37-33(43)25-24-28-27-16-7-11-21-34(27)46(40(28)37)35-22-12-8-18-30(35)42-44-38(26-14-4-3-5-15-26)41-39(45-42)31-19-9-13-23-36(31)47-41;1-2-12-24(13-3-1)36-39-37(29-17-7-11-21-33(29)45-39)42-40(41-36)27-15-5-9-19-31(27)43-30-18-8-4-14-25(30)26-22-23-34-35(38(26)43)28-16-6-10-20-32(28)44-34/h1-28H;3-25H,1-2H3;1-23H. The number of hydrogen-bond donors (Lipinski definition) is 0. The molecule has 670 valence electrons. The van der Waals surface area contributed by atoms with Gasteiger partial charge in [0.2, 0.25) is 0 Å². The molecule has 0 fully saturated rings. The predicted octanol–water partition coefficient (Wildman–Crippen LogP) is 35.6. The molecule has 0 saturated heterocycles. The summed E-state index contributed by atoms with van der Waals surface area (Å²) in [5, 5.41) is 15.9. The summed E-state index contributed by atoms with van der Waals surface area (Å²) in [6.45, 7) is 4.70. The zero-order chi connectivity index (χ0) is 94.2. The molecule has 0 bridgehead atoms. The van der Waals surface area contributed by atoms with E-state index in [9.17, 15) is 0 Å². The van der Waals surface area contributed by atoms with Gasteiger partial charge >= 0.3 is 0 Å². The Morgan fingerprint density at radius 3 is 0.972 bits per heavy atom. The van der Waals surface area contributed by atoms with Gasteiger partial charge in [-0.3, -0.25) is 0 Å². The lowest BCUT2D eigenvalue weighted by molar-refractivity contribution is 0.661. The lowest BCUT2D eigenvalue weighted by Gasteiger charge is -2.21. The van der Waals surface area contributed by atoms with E-state index >= 15 is 0 Å². The summed E-state index contributed by atoms with van der Waals surface area (Å²) in [5.41, 5.74) is 31.3. The van der Waals surface area contributed by atoms with Gasteiger partial charge in [-0.25, -0.2) is 29.9 Å². The van der Waals surface area contributed by atoms with E-state index in [1.165, 1.54) is 149 Å². The van der Waals surface area contributed by atoms with Crippen molar-refractivity contribution >= 4 is 214 Å². The van der Waals surface area contributed by atoms with Crippen LogP contribution in [0.15, 0.2) is 449 Å². The third-order valence-electron chi connectivity index (χ3n) is 29.0. The van der Waals surface area contributed by atoms with Crippen LogP contribution in [0.2, 0.25) is 0 Å². The maximum Gasteiger partial charge on any atom is 0.162 e. The van der Waals surface area contributed by atoms with E-state index in [1.54, 1.807) is 34.0 Å². The Hall–Kier alpha value is -17.5. The molecular formula is C129H80N10S4. The molecule has 0 unspecified atom stereocenters. The third-order valence-corrected chi connectivity index (χ3v) is 33.6. The minimum Gasteiger partial charge on any atom is -0.309 e. The van der Waals surface area contributed by atoms with Crippen LogP contribution in [0.4, 0.5) is 0 Å². The second-order valence-corrected chi connectivity index (χ2v) is 41.5. The summed E-state index contributed by atoms with van der Waals surface area (Å²) in [4.78, 5) is 32.2. The molecule has 0 atom stereocenters.